The molecule has 3 unspecified atom stereocenters. The van der Waals surface area contributed by atoms with Crippen molar-refractivity contribution in [3.63, 3.8) is 0 Å². The van der Waals surface area contributed by atoms with Gasteiger partial charge in [0.05, 0.1) is 0 Å². The third-order valence-corrected chi connectivity index (χ3v) is 4.57. The third kappa shape index (κ3) is 2.84. The van der Waals surface area contributed by atoms with Gasteiger partial charge in [-0.25, -0.2) is 0 Å². The summed E-state index contributed by atoms with van der Waals surface area (Å²) >= 11 is 0. The molecule has 1 saturated heterocycles. The Morgan fingerprint density at radius 1 is 1.35 bits per heavy atom. The molecule has 0 aliphatic carbocycles. The van der Waals surface area contributed by atoms with Crippen LogP contribution in [0.1, 0.15) is 26.3 Å². The van der Waals surface area contributed by atoms with Gasteiger partial charge in [0.25, 0.3) is 0 Å². The van der Waals surface area contributed by atoms with Crippen molar-refractivity contribution in [3.05, 3.63) is 29.8 Å². The van der Waals surface area contributed by atoms with Crippen LogP contribution < -0.4 is 10.1 Å². The lowest BCUT2D eigenvalue weighted by Gasteiger charge is -2.42. The van der Waals surface area contributed by atoms with E-state index in [-0.39, 0.29) is 0 Å². The molecule has 2 aliphatic rings. The molecule has 0 aromatic heterocycles. The van der Waals surface area contributed by atoms with Crippen molar-refractivity contribution in [2.24, 2.45) is 5.92 Å². The molecule has 1 aromatic rings. The summed E-state index contributed by atoms with van der Waals surface area (Å²) in [6, 6.07) is 9.65. The Bertz CT molecular complexity index is 435. The number of para-hydroxylation sites is 1. The molecule has 0 bridgehead atoms. The lowest BCUT2D eigenvalue weighted by atomic mass is 9.98. The summed E-state index contributed by atoms with van der Waals surface area (Å²) in [5, 5.41) is 3.60. The Labute approximate surface area is 122 Å². The minimum Gasteiger partial charge on any atom is -0.488 e. The molecule has 1 fully saturated rings. The van der Waals surface area contributed by atoms with Gasteiger partial charge in [0.1, 0.15) is 11.9 Å². The topological polar surface area (TPSA) is 24.5 Å². The first-order valence-electron chi connectivity index (χ1n) is 7.85. The van der Waals surface area contributed by atoms with Gasteiger partial charge in [0, 0.05) is 38.1 Å². The quantitative estimate of drug-likeness (QED) is 0.915. The van der Waals surface area contributed by atoms with Crippen molar-refractivity contribution in [3.8, 4) is 5.75 Å². The molecule has 20 heavy (non-hydrogen) atoms. The number of nitrogens with zero attached hydrogens (tertiary/aromatic N) is 1. The molecule has 0 spiro atoms. The van der Waals surface area contributed by atoms with Crippen LogP contribution in [0.15, 0.2) is 24.3 Å². The van der Waals surface area contributed by atoms with Crippen molar-refractivity contribution in [1.29, 1.82) is 0 Å². The van der Waals surface area contributed by atoms with Gasteiger partial charge < -0.3 is 10.1 Å². The van der Waals surface area contributed by atoms with Gasteiger partial charge in [-0.3, -0.25) is 4.90 Å². The maximum absolute atomic E-state index is 6.11. The van der Waals surface area contributed by atoms with E-state index in [0.29, 0.717) is 24.1 Å². The number of piperazine rings is 1. The van der Waals surface area contributed by atoms with E-state index in [4.69, 9.17) is 4.74 Å². The lowest BCUT2D eigenvalue weighted by molar-refractivity contribution is 0.0624. The minimum atomic E-state index is 0.318. The number of benzene rings is 1. The van der Waals surface area contributed by atoms with E-state index in [1.165, 1.54) is 5.56 Å². The van der Waals surface area contributed by atoms with E-state index in [0.717, 1.165) is 31.8 Å². The van der Waals surface area contributed by atoms with Crippen LogP contribution in [0.5, 0.6) is 5.75 Å². The molecule has 3 heteroatoms. The summed E-state index contributed by atoms with van der Waals surface area (Å²) in [6.45, 7) is 10.2. The van der Waals surface area contributed by atoms with Crippen LogP contribution in [0, 0.1) is 5.92 Å². The van der Waals surface area contributed by atoms with Crippen molar-refractivity contribution in [2.75, 3.05) is 19.6 Å². The molecule has 3 atom stereocenters. The normalized spacial score (nSPS) is 30.3. The highest BCUT2D eigenvalue weighted by Gasteiger charge is 2.32. The minimum absolute atomic E-state index is 0.318. The van der Waals surface area contributed by atoms with Gasteiger partial charge in [-0.05, 0) is 24.5 Å². The Hall–Kier alpha value is -1.06. The summed E-state index contributed by atoms with van der Waals surface area (Å²) in [6.07, 6.45) is 1.37. The zero-order valence-corrected chi connectivity index (χ0v) is 12.8. The smallest absolute Gasteiger partial charge is 0.123 e. The number of nitrogens with one attached hydrogen (secondary N) is 1. The zero-order chi connectivity index (χ0) is 14.1. The van der Waals surface area contributed by atoms with Crippen LogP contribution in [0.25, 0.3) is 0 Å². The number of hydrogen-bond acceptors (Lipinski definition) is 3. The Balaban J connectivity index is 1.65. The number of ether oxygens (including phenoxy) is 1. The predicted octanol–water partition coefficient (Wildman–Crippen LogP) is 2.31. The number of hydrogen-bond donors (Lipinski definition) is 1. The molecule has 110 valence electrons. The van der Waals surface area contributed by atoms with Crippen molar-refractivity contribution < 1.29 is 4.74 Å². The summed E-state index contributed by atoms with van der Waals surface area (Å²) in [4.78, 5) is 2.63. The monoisotopic (exact) mass is 274 g/mol. The lowest BCUT2D eigenvalue weighted by Crippen LogP contribution is -2.59. The maximum atomic E-state index is 6.11. The standard InChI is InChI=1S/C17H26N2O/c1-12(2)16-9-18-13(3)10-19(16)11-15-8-14-6-4-5-7-17(14)20-15/h4-7,12-13,15-16,18H,8-11H2,1-3H3. The van der Waals surface area contributed by atoms with Crippen molar-refractivity contribution in [1.82, 2.24) is 10.2 Å². The van der Waals surface area contributed by atoms with Crippen molar-refractivity contribution >= 4 is 0 Å². The van der Waals surface area contributed by atoms with Gasteiger partial charge in [0.2, 0.25) is 0 Å². The molecular weight excluding hydrogens is 248 g/mol. The highest BCUT2D eigenvalue weighted by molar-refractivity contribution is 5.37. The van der Waals surface area contributed by atoms with E-state index in [9.17, 15) is 0 Å². The first-order chi connectivity index (χ1) is 9.63. The summed E-state index contributed by atoms with van der Waals surface area (Å²) < 4.78 is 6.11. The van der Waals surface area contributed by atoms with Crippen molar-refractivity contribution in [2.45, 2.75) is 45.4 Å². The second kappa shape index (κ2) is 5.74. The second-order valence-corrected chi connectivity index (χ2v) is 6.63. The van der Waals surface area contributed by atoms with Gasteiger partial charge in [-0.2, -0.15) is 0 Å². The van der Waals surface area contributed by atoms with Gasteiger partial charge in [0.15, 0.2) is 0 Å². The van der Waals surface area contributed by atoms with Crippen LogP contribution in [0.4, 0.5) is 0 Å². The molecule has 1 aromatic carbocycles. The van der Waals surface area contributed by atoms with E-state index in [1.54, 1.807) is 0 Å². The molecule has 0 saturated carbocycles. The highest BCUT2D eigenvalue weighted by Crippen LogP contribution is 2.29. The first kappa shape index (κ1) is 13.9. The molecule has 0 radical (unpaired) electrons. The van der Waals surface area contributed by atoms with E-state index >= 15 is 0 Å². The summed E-state index contributed by atoms with van der Waals surface area (Å²) in [5.41, 5.74) is 1.36. The fraction of sp³-hybridized carbons (Fsp3) is 0.647. The van der Waals surface area contributed by atoms with Crippen LogP contribution in [-0.4, -0.2) is 42.7 Å². The second-order valence-electron chi connectivity index (χ2n) is 6.63. The van der Waals surface area contributed by atoms with E-state index < -0.39 is 0 Å². The summed E-state index contributed by atoms with van der Waals surface area (Å²) in [5.74, 6) is 1.76. The summed E-state index contributed by atoms with van der Waals surface area (Å²) in [7, 11) is 0. The average molecular weight is 274 g/mol. The SMILES string of the molecule is CC1CN(CC2Cc3ccccc3O2)C(C(C)C)CN1. The Kier molecular flexibility index (Phi) is 3.99. The Morgan fingerprint density at radius 3 is 2.90 bits per heavy atom. The molecule has 3 nitrogen and oxygen atoms in total. The fourth-order valence-electron chi connectivity index (χ4n) is 3.49. The maximum Gasteiger partial charge on any atom is 0.123 e. The highest BCUT2D eigenvalue weighted by atomic mass is 16.5. The van der Waals surface area contributed by atoms with Crippen LogP contribution in [0.2, 0.25) is 0 Å². The first-order valence-corrected chi connectivity index (χ1v) is 7.85. The molecule has 0 amide bonds. The van der Waals surface area contributed by atoms with Crippen LogP contribution in [0.3, 0.4) is 0 Å². The van der Waals surface area contributed by atoms with E-state index in [1.807, 2.05) is 0 Å². The van der Waals surface area contributed by atoms with Crippen LogP contribution >= 0.6 is 0 Å². The van der Waals surface area contributed by atoms with E-state index in [2.05, 4.69) is 55.3 Å². The number of fused-ring (bicyclic) bond motifs is 1. The largest absolute Gasteiger partial charge is 0.488 e. The molecule has 2 heterocycles. The molecular formula is C17H26N2O. The average Bonchev–Trinajstić information content (AvgIpc) is 2.80. The van der Waals surface area contributed by atoms with Gasteiger partial charge >= 0.3 is 0 Å². The number of rotatable bonds is 3. The molecule has 3 rings (SSSR count). The van der Waals surface area contributed by atoms with Gasteiger partial charge in [-0.1, -0.05) is 32.0 Å². The molecule has 2 aliphatic heterocycles. The predicted molar refractivity (Wildman–Crippen MR) is 82.2 cm³/mol. The zero-order valence-electron chi connectivity index (χ0n) is 12.8. The fourth-order valence-corrected chi connectivity index (χ4v) is 3.49. The van der Waals surface area contributed by atoms with Crippen LogP contribution in [-0.2, 0) is 6.42 Å². The third-order valence-electron chi connectivity index (χ3n) is 4.57. The van der Waals surface area contributed by atoms with Gasteiger partial charge in [-0.15, -0.1) is 0 Å². The molecule has 1 N–H and O–H groups in total. The Morgan fingerprint density at radius 2 is 2.15 bits per heavy atom.